The Labute approximate surface area is 145 Å². The number of hydrogen-bond donors (Lipinski definition) is 1. The van der Waals surface area contributed by atoms with Gasteiger partial charge in [-0.15, -0.1) is 0 Å². The fourth-order valence-electron chi connectivity index (χ4n) is 1.77. The SMILES string of the molecule is CC(C)(Oc1ccc(Cl)cc1)C(=O)Nc1c(F)cc(F)cc1Br. The first-order chi connectivity index (χ1) is 10.7. The Morgan fingerprint density at radius 2 is 1.83 bits per heavy atom. The lowest BCUT2D eigenvalue weighted by Gasteiger charge is -2.25. The van der Waals surface area contributed by atoms with E-state index in [1.807, 2.05) is 0 Å². The van der Waals surface area contributed by atoms with Crippen LogP contribution in [0.2, 0.25) is 5.02 Å². The molecule has 2 aromatic carbocycles. The minimum Gasteiger partial charge on any atom is -0.478 e. The zero-order chi connectivity index (χ0) is 17.2. The summed E-state index contributed by atoms with van der Waals surface area (Å²) in [5.41, 5.74) is -1.43. The fourth-order valence-corrected chi connectivity index (χ4v) is 2.40. The molecule has 0 aliphatic heterocycles. The average Bonchev–Trinajstić information content (AvgIpc) is 2.44. The van der Waals surface area contributed by atoms with Gasteiger partial charge in [-0.2, -0.15) is 0 Å². The first-order valence-electron chi connectivity index (χ1n) is 6.59. The molecule has 0 spiro atoms. The number of carbonyl (C=O) groups is 1. The molecule has 0 bridgehead atoms. The highest BCUT2D eigenvalue weighted by atomic mass is 79.9. The highest BCUT2D eigenvalue weighted by Crippen LogP contribution is 2.28. The van der Waals surface area contributed by atoms with Crippen LogP contribution >= 0.6 is 27.5 Å². The summed E-state index contributed by atoms with van der Waals surface area (Å²) in [6, 6.07) is 8.24. The quantitative estimate of drug-likeness (QED) is 0.763. The van der Waals surface area contributed by atoms with Gasteiger partial charge in [-0.05, 0) is 60.1 Å². The highest BCUT2D eigenvalue weighted by Gasteiger charge is 2.31. The molecule has 0 aromatic heterocycles. The minimum absolute atomic E-state index is 0.102. The number of amides is 1. The smallest absolute Gasteiger partial charge is 0.268 e. The predicted octanol–water partition coefficient (Wildman–Crippen LogP) is 5.18. The fraction of sp³-hybridized carbons (Fsp3) is 0.188. The molecule has 122 valence electrons. The number of benzene rings is 2. The lowest BCUT2D eigenvalue weighted by atomic mass is 10.1. The van der Waals surface area contributed by atoms with Crippen molar-refractivity contribution in [3.8, 4) is 5.75 Å². The molecule has 0 atom stereocenters. The van der Waals surface area contributed by atoms with Gasteiger partial charge in [0.1, 0.15) is 11.6 Å². The summed E-state index contributed by atoms with van der Waals surface area (Å²) in [5, 5.41) is 2.94. The van der Waals surface area contributed by atoms with Crippen LogP contribution in [0.15, 0.2) is 40.9 Å². The molecule has 0 aliphatic carbocycles. The number of nitrogens with one attached hydrogen (secondary N) is 1. The standard InChI is InChI=1S/C16H13BrClF2NO2/c1-16(2,23-11-5-3-9(18)4-6-11)15(22)21-14-12(17)7-10(19)8-13(14)20/h3-8H,1-2H3,(H,21,22). The third-order valence-electron chi connectivity index (χ3n) is 2.98. The molecule has 3 nitrogen and oxygen atoms in total. The Morgan fingerprint density at radius 3 is 2.39 bits per heavy atom. The Morgan fingerprint density at radius 1 is 1.22 bits per heavy atom. The van der Waals surface area contributed by atoms with E-state index in [1.54, 1.807) is 24.3 Å². The molecule has 0 radical (unpaired) electrons. The van der Waals surface area contributed by atoms with Crippen molar-refractivity contribution in [3.05, 3.63) is 57.5 Å². The van der Waals surface area contributed by atoms with Crippen molar-refractivity contribution < 1.29 is 18.3 Å². The van der Waals surface area contributed by atoms with Gasteiger partial charge in [0.15, 0.2) is 11.4 Å². The number of anilines is 1. The van der Waals surface area contributed by atoms with E-state index in [-0.39, 0.29) is 10.2 Å². The van der Waals surface area contributed by atoms with Gasteiger partial charge >= 0.3 is 0 Å². The molecular weight excluding hydrogens is 392 g/mol. The topological polar surface area (TPSA) is 38.3 Å². The Bertz CT molecular complexity index is 712. The van der Waals surface area contributed by atoms with E-state index in [4.69, 9.17) is 16.3 Å². The van der Waals surface area contributed by atoms with Crippen molar-refractivity contribution in [1.82, 2.24) is 0 Å². The summed E-state index contributed by atoms with van der Waals surface area (Å²) in [5.74, 6) is -1.77. The highest BCUT2D eigenvalue weighted by molar-refractivity contribution is 9.10. The molecule has 0 heterocycles. The Hall–Kier alpha value is -1.66. The van der Waals surface area contributed by atoms with Gasteiger partial charge in [-0.1, -0.05) is 11.6 Å². The van der Waals surface area contributed by atoms with Crippen molar-refractivity contribution in [2.45, 2.75) is 19.4 Å². The van der Waals surface area contributed by atoms with Gasteiger partial charge in [0.05, 0.1) is 5.69 Å². The van der Waals surface area contributed by atoms with Gasteiger partial charge in [-0.3, -0.25) is 4.79 Å². The van der Waals surface area contributed by atoms with E-state index in [9.17, 15) is 13.6 Å². The monoisotopic (exact) mass is 403 g/mol. The second-order valence-corrected chi connectivity index (χ2v) is 6.56. The van der Waals surface area contributed by atoms with Gasteiger partial charge in [-0.25, -0.2) is 8.78 Å². The molecule has 0 unspecified atom stereocenters. The third kappa shape index (κ3) is 4.42. The zero-order valence-electron chi connectivity index (χ0n) is 12.3. The van der Waals surface area contributed by atoms with Crippen LogP contribution < -0.4 is 10.1 Å². The van der Waals surface area contributed by atoms with Crippen LogP contribution in [0.1, 0.15) is 13.8 Å². The van der Waals surface area contributed by atoms with E-state index in [2.05, 4.69) is 21.2 Å². The molecule has 2 aromatic rings. The molecule has 23 heavy (non-hydrogen) atoms. The normalized spacial score (nSPS) is 11.2. The van der Waals surface area contributed by atoms with Crippen molar-refractivity contribution in [2.24, 2.45) is 0 Å². The maximum Gasteiger partial charge on any atom is 0.268 e. The van der Waals surface area contributed by atoms with E-state index < -0.39 is 23.1 Å². The molecule has 2 rings (SSSR count). The van der Waals surface area contributed by atoms with Crippen LogP contribution in [0.3, 0.4) is 0 Å². The van der Waals surface area contributed by atoms with E-state index in [0.717, 1.165) is 6.07 Å². The maximum absolute atomic E-state index is 13.8. The van der Waals surface area contributed by atoms with Crippen molar-refractivity contribution in [1.29, 1.82) is 0 Å². The van der Waals surface area contributed by atoms with Crippen molar-refractivity contribution in [2.75, 3.05) is 5.32 Å². The average molecular weight is 405 g/mol. The second kappa shape index (κ2) is 6.84. The van der Waals surface area contributed by atoms with Gasteiger partial charge in [0.2, 0.25) is 0 Å². The van der Waals surface area contributed by atoms with Gasteiger partial charge in [0.25, 0.3) is 5.91 Å². The largest absolute Gasteiger partial charge is 0.478 e. The van der Waals surface area contributed by atoms with E-state index in [0.29, 0.717) is 16.8 Å². The van der Waals surface area contributed by atoms with Gasteiger partial charge < -0.3 is 10.1 Å². The zero-order valence-corrected chi connectivity index (χ0v) is 14.6. The molecule has 7 heteroatoms. The molecular formula is C16H13BrClF2NO2. The Balaban J connectivity index is 2.17. The number of carbonyl (C=O) groups excluding carboxylic acids is 1. The summed E-state index contributed by atoms with van der Waals surface area (Å²) < 4.78 is 32.6. The molecule has 0 saturated heterocycles. The molecule has 0 aliphatic rings. The van der Waals surface area contributed by atoms with Crippen LogP contribution in [-0.4, -0.2) is 11.5 Å². The maximum atomic E-state index is 13.8. The first-order valence-corrected chi connectivity index (χ1v) is 7.77. The summed E-state index contributed by atoms with van der Waals surface area (Å²) >= 11 is 8.81. The number of ether oxygens (including phenoxy) is 1. The molecule has 0 saturated carbocycles. The van der Waals surface area contributed by atoms with Crippen LogP contribution in [0.4, 0.5) is 14.5 Å². The van der Waals surface area contributed by atoms with Crippen LogP contribution in [0, 0.1) is 11.6 Å². The van der Waals surface area contributed by atoms with E-state index >= 15 is 0 Å². The molecule has 0 fully saturated rings. The van der Waals surface area contributed by atoms with Crippen LogP contribution in [-0.2, 0) is 4.79 Å². The van der Waals surface area contributed by atoms with Crippen molar-refractivity contribution >= 4 is 39.1 Å². The van der Waals surface area contributed by atoms with Gasteiger partial charge in [0, 0.05) is 15.6 Å². The first kappa shape index (κ1) is 17.7. The van der Waals surface area contributed by atoms with Crippen molar-refractivity contribution in [3.63, 3.8) is 0 Å². The molecule has 1 N–H and O–H groups in total. The lowest BCUT2D eigenvalue weighted by molar-refractivity contribution is -0.128. The number of halogens is 4. The van der Waals surface area contributed by atoms with Crippen LogP contribution in [0.25, 0.3) is 0 Å². The minimum atomic E-state index is -1.28. The second-order valence-electron chi connectivity index (χ2n) is 5.26. The predicted molar refractivity (Wildman–Crippen MR) is 88.8 cm³/mol. The molecule has 1 amide bonds. The number of rotatable bonds is 4. The Kier molecular flexibility index (Phi) is 5.26. The van der Waals surface area contributed by atoms with Crippen LogP contribution in [0.5, 0.6) is 5.75 Å². The van der Waals surface area contributed by atoms with E-state index in [1.165, 1.54) is 13.8 Å². The number of hydrogen-bond acceptors (Lipinski definition) is 2. The summed E-state index contributed by atoms with van der Waals surface area (Å²) in [6.07, 6.45) is 0. The third-order valence-corrected chi connectivity index (χ3v) is 3.86. The summed E-state index contributed by atoms with van der Waals surface area (Å²) in [6.45, 7) is 3.07. The lowest BCUT2D eigenvalue weighted by Crippen LogP contribution is -2.42. The summed E-state index contributed by atoms with van der Waals surface area (Å²) in [4.78, 5) is 12.4. The summed E-state index contributed by atoms with van der Waals surface area (Å²) in [7, 11) is 0.